The highest BCUT2D eigenvalue weighted by Gasteiger charge is 2.44. The molecule has 30 heavy (non-hydrogen) atoms. The van der Waals surface area contributed by atoms with Crippen LogP contribution in [0.2, 0.25) is 0 Å². The molecule has 8 nitrogen and oxygen atoms in total. The SMILES string of the molecule is Cc1ccc(C2CC3C4NN=C(SCC(=O)NCC5CCCO5)N4C=CN3N2)cc1. The average molecular weight is 429 g/mol. The summed E-state index contributed by atoms with van der Waals surface area (Å²) in [6.07, 6.45) is 7.42. The summed E-state index contributed by atoms with van der Waals surface area (Å²) >= 11 is 1.46. The van der Waals surface area contributed by atoms with Gasteiger partial charge in [-0.3, -0.25) is 10.2 Å². The van der Waals surface area contributed by atoms with Crippen LogP contribution in [0.25, 0.3) is 0 Å². The molecule has 0 radical (unpaired) electrons. The lowest BCUT2D eigenvalue weighted by Crippen LogP contribution is -2.54. The van der Waals surface area contributed by atoms with E-state index in [-0.39, 0.29) is 30.3 Å². The molecule has 0 saturated carbocycles. The smallest absolute Gasteiger partial charge is 0.230 e. The molecule has 0 aliphatic carbocycles. The van der Waals surface area contributed by atoms with Gasteiger partial charge in [-0.1, -0.05) is 41.6 Å². The highest BCUT2D eigenvalue weighted by Crippen LogP contribution is 2.35. The number of carbonyl (C=O) groups is 1. The average Bonchev–Trinajstić information content (AvgIpc) is 3.50. The topological polar surface area (TPSA) is 81.2 Å². The third-order valence-electron chi connectivity index (χ3n) is 6.07. The molecule has 160 valence electrons. The monoisotopic (exact) mass is 428 g/mol. The van der Waals surface area contributed by atoms with Gasteiger partial charge in [0, 0.05) is 25.6 Å². The number of nitrogens with zero attached hydrogens (tertiary/aromatic N) is 3. The Hall–Kier alpha value is -2.23. The molecule has 4 unspecified atom stereocenters. The van der Waals surface area contributed by atoms with Gasteiger partial charge in [0.1, 0.15) is 6.17 Å². The van der Waals surface area contributed by atoms with Gasteiger partial charge < -0.3 is 20.0 Å². The number of hydrazine groups is 1. The second kappa shape index (κ2) is 8.49. The van der Waals surface area contributed by atoms with Crippen LogP contribution in [0.4, 0.5) is 0 Å². The number of carbonyl (C=O) groups excluding carboxylic acids is 1. The molecule has 1 amide bonds. The van der Waals surface area contributed by atoms with Gasteiger partial charge in [0.25, 0.3) is 0 Å². The molecule has 5 rings (SSSR count). The molecule has 4 aliphatic heterocycles. The van der Waals surface area contributed by atoms with E-state index in [2.05, 4.69) is 68.6 Å². The van der Waals surface area contributed by atoms with E-state index in [0.717, 1.165) is 31.0 Å². The first-order chi connectivity index (χ1) is 14.7. The minimum atomic E-state index is 0.0197. The largest absolute Gasteiger partial charge is 0.376 e. The number of rotatable bonds is 5. The van der Waals surface area contributed by atoms with Crippen LogP contribution in [-0.2, 0) is 9.53 Å². The zero-order valence-corrected chi connectivity index (χ0v) is 17.9. The van der Waals surface area contributed by atoms with Crippen molar-refractivity contribution in [3.63, 3.8) is 0 Å². The van der Waals surface area contributed by atoms with E-state index in [1.54, 1.807) is 0 Å². The molecule has 9 heteroatoms. The van der Waals surface area contributed by atoms with Gasteiger partial charge in [0.05, 0.1) is 23.9 Å². The van der Waals surface area contributed by atoms with Crippen LogP contribution >= 0.6 is 11.8 Å². The van der Waals surface area contributed by atoms with Crippen LogP contribution in [0, 0.1) is 6.92 Å². The third kappa shape index (κ3) is 4.01. The number of hydrazone groups is 1. The lowest BCUT2D eigenvalue weighted by atomic mass is 9.99. The van der Waals surface area contributed by atoms with E-state index < -0.39 is 0 Å². The Kier molecular flexibility index (Phi) is 5.58. The fourth-order valence-corrected chi connectivity index (χ4v) is 5.18. The molecule has 2 saturated heterocycles. The van der Waals surface area contributed by atoms with Gasteiger partial charge in [0.15, 0.2) is 5.17 Å². The highest BCUT2D eigenvalue weighted by molar-refractivity contribution is 8.14. The van der Waals surface area contributed by atoms with Gasteiger partial charge in [-0.25, -0.2) is 5.43 Å². The Labute approximate surface area is 181 Å². The standard InChI is InChI=1S/C21H28N6O2S/c1-14-4-6-15(7-5-14)17-11-18-20-23-24-21(26(20)8-9-27(18)25-17)30-13-19(28)22-12-16-3-2-10-29-16/h4-9,16-18,20,23,25H,2-3,10-13H2,1H3,(H,22,28). The Morgan fingerprint density at radius 3 is 3.00 bits per heavy atom. The van der Waals surface area contributed by atoms with Crippen LogP contribution in [0.5, 0.6) is 0 Å². The molecule has 4 aliphatic rings. The Morgan fingerprint density at radius 2 is 2.20 bits per heavy atom. The van der Waals surface area contributed by atoms with Crippen LogP contribution in [0.3, 0.4) is 0 Å². The van der Waals surface area contributed by atoms with Crippen molar-refractivity contribution in [2.45, 2.75) is 50.5 Å². The number of nitrogens with one attached hydrogen (secondary N) is 3. The van der Waals surface area contributed by atoms with Crippen LogP contribution in [-0.4, -0.2) is 58.2 Å². The first-order valence-corrected chi connectivity index (χ1v) is 11.6. The minimum absolute atomic E-state index is 0.0197. The van der Waals surface area contributed by atoms with Crippen molar-refractivity contribution in [1.29, 1.82) is 0 Å². The van der Waals surface area contributed by atoms with E-state index in [4.69, 9.17) is 4.74 Å². The quantitative estimate of drug-likeness (QED) is 0.658. The first-order valence-electron chi connectivity index (χ1n) is 10.6. The summed E-state index contributed by atoms with van der Waals surface area (Å²) in [5.41, 5.74) is 9.43. The number of fused-ring (bicyclic) bond motifs is 3. The van der Waals surface area contributed by atoms with Gasteiger partial charge in [-0.15, -0.1) is 0 Å². The molecular weight excluding hydrogens is 400 g/mol. The number of ether oxygens (including phenoxy) is 1. The van der Waals surface area contributed by atoms with Crippen molar-refractivity contribution in [2.75, 3.05) is 18.9 Å². The van der Waals surface area contributed by atoms with E-state index >= 15 is 0 Å². The van der Waals surface area contributed by atoms with Gasteiger partial charge in [-0.2, -0.15) is 5.10 Å². The fourth-order valence-electron chi connectivity index (χ4n) is 4.38. The Morgan fingerprint density at radius 1 is 1.33 bits per heavy atom. The minimum Gasteiger partial charge on any atom is -0.376 e. The van der Waals surface area contributed by atoms with Crippen molar-refractivity contribution < 1.29 is 9.53 Å². The van der Waals surface area contributed by atoms with Gasteiger partial charge in [-0.05, 0) is 31.7 Å². The molecule has 0 spiro atoms. The van der Waals surface area contributed by atoms with E-state index in [9.17, 15) is 4.79 Å². The summed E-state index contributed by atoms with van der Waals surface area (Å²) in [6, 6.07) is 9.25. The number of amides is 1. The number of hydrogen-bond acceptors (Lipinski definition) is 8. The predicted octanol–water partition coefficient (Wildman–Crippen LogP) is 1.63. The zero-order chi connectivity index (χ0) is 20.5. The molecule has 1 aromatic carbocycles. The highest BCUT2D eigenvalue weighted by atomic mass is 32.2. The fraction of sp³-hybridized carbons (Fsp3) is 0.524. The number of benzene rings is 1. The van der Waals surface area contributed by atoms with Crippen LogP contribution in [0.1, 0.15) is 36.4 Å². The van der Waals surface area contributed by atoms with Crippen molar-refractivity contribution in [1.82, 2.24) is 26.1 Å². The van der Waals surface area contributed by atoms with Crippen molar-refractivity contribution in [3.05, 3.63) is 47.8 Å². The summed E-state index contributed by atoms with van der Waals surface area (Å²) in [4.78, 5) is 14.3. The maximum Gasteiger partial charge on any atom is 0.230 e. The van der Waals surface area contributed by atoms with Gasteiger partial charge >= 0.3 is 0 Å². The Bertz CT molecular complexity index is 838. The molecular formula is C21H28N6O2S. The summed E-state index contributed by atoms with van der Waals surface area (Å²) in [7, 11) is 0. The molecule has 4 heterocycles. The van der Waals surface area contributed by atoms with Crippen LogP contribution < -0.4 is 16.2 Å². The van der Waals surface area contributed by atoms with E-state index in [1.807, 2.05) is 6.20 Å². The molecule has 4 atom stereocenters. The summed E-state index contributed by atoms with van der Waals surface area (Å²) in [5, 5.41) is 10.5. The summed E-state index contributed by atoms with van der Waals surface area (Å²) in [5.74, 6) is 0.370. The zero-order valence-electron chi connectivity index (χ0n) is 17.1. The maximum absolute atomic E-state index is 12.2. The second-order valence-electron chi connectivity index (χ2n) is 8.20. The van der Waals surface area contributed by atoms with Crippen molar-refractivity contribution in [2.24, 2.45) is 5.10 Å². The summed E-state index contributed by atoms with van der Waals surface area (Å²) in [6.45, 7) is 3.51. The van der Waals surface area contributed by atoms with Crippen molar-refractivity contribution >= 4 is 22.8 Å². The number of hydrogen-bond donors (Lipinski definition) is 3. The molecule has 1 aromatic rings. The molecule has 0 aromatic heterocycles. The molecule has 0 bridgehead atoms. The number of amidine groups is 1. The number of thioether (sulfide) groups is 1. The van der Waals surface area contributed by atoms with Gasteiger partial charge in [0.2, 0.25) is 5.91 Å². The molecule has 2 fully saturated rings. The Balaban J connectivity index is 1.14. The third-order valence-corrected chi connectivity index (χ3v) is 7.03. The first kappa shape index (κ1) is 19.7. The van der Waals surface area contributed by atoms with Crippen LogP contribution in [0.15, 0.2) is 41.8 Å². The molecule has 3 N–H and O–H groups in total. The second-order valence-corrected chi connectivity index (χ2v) is 9.15. The number of aryl methyl sites for hydroxylation is 1. The maximum atomic E-state index is 12.2. The predicted molar refractivity (Wildman–Crippen MR) is 117 cm³/mol. The lowest BCUT2D eigenvalue weighted by Gasteiger charge is -2.36. The summed E-state index contributed by atoms with van der Waals surface area (Å²) < 4.78 is 5.56. The van der Waals surface area contributed by atoms with E-state index in [1.165, 1.54) is 22.9 Å². The lowest BCUT2D eigenvalue weighted by molar-refractivity contribution is -0.119. The van der Waals surface area contributed by atoms with Crippen molar-refractivity contribution in [3.8, 4) is 0 Å². The normalized spacial score (nSPS) is 29.4. The van der Waals surface area contributed by atoms with E-state index in [0.29, 0.717) is 12.3 Å².